The molecule has 0 bridgehead atoms. The average Bonchev–Trinajstić information content (AvgIpc) is 2.30. The molecule has 0 aliphatic heterocycles. The number of primary amides is 1. The van der Waals surface area contributed by atoms with E-state index in [9.17, 15) is 4.79 Å². The fraction of sp³-hybridized carbons (Fsp3) is 0.462. The van der Waals surface area contributed by atoms with Gasteiger partial charge in [0.1, 0.15) is 6.10 Å². The third-order valence-corrected chi connectivity index (χ3v) is 2.43. The molecular formula is C13H19NO2. The van der Waals surface area contributed by atoms with Gasteiger partial charge in [0, 0.05) is 0 Å². The molecule has 1 amide bonds. The van der Waals surface area contributed by atoms with Crippen molar-refractivity contribution in [2.75, 3.05) is 0 Å². The first kappa shape index (κ1) is 12.7. The number of nitrogens with two attached hydrogens (primary N) is 1. The number of amides is 1. The molecule has 1 unspecified atom stereocenters. The van der Waals surface area contributed by atoms with E-state index in [2.05, 4.69) is 6.92 Å². The van der Waals surface area contributed by atoms with Gasteiger partial charge < -0.3 is 10.5 Å². The van der Waals surface area contributed by atoms with Gasteiger partial charge in [0.15, 0.2) is 0 Å². The van der Waals surface area contributed by atoms with Crippen LogP contribution in [0.15, 0.2) is 30.3 Å². The third kappa shape index (κ3) is 4.45. The summed E-state index contributed by atoms with van der Waals surface area (Å²) < 4.78 is 5.52. The second-order valence-electron chi connectivity index (χ2n) is 3.83. The molecule has 0 radical (unpaired) electrons. The monoisotopic (exact) mass is 221 g/mol. The van der Waals surface area contributed by atoms with Crippen molar-refractivity contribution in [3.05, 3.63) is 35.9 Å². The lowest BCUT2D eigenvalue weighted by atomic mass is 10.1. The van der Waals surface area contributed by atoms with Crippen LogP contribution in [-0.4, -0.2) is 12.0 Å². The summed E-state index contributed by atoms with van der Waals surface area (Å²) in [5.74, 6) is -0.371. The SMILES string of the molecule is CCCCC(OCc1ccccc1)C(N)=O. The predicted octanol–water partition coefficient (Wildman–Crippen LogP) is 2.25. The Morgan fingerprint density at radius 3 is 2.62 bits per heavy atom. The van der Waals surface area contributed by atoms with Gasteiger partial charge in [-0.05, 0) is 12.0 Å². The Labute approximate surface area is 96.6 Å². The molecule has 88 valence electrons. The number of hydrogen-bond acceptors (Lipinski definition) is 2. The zero-order valence-electron chi connectivity index (χ0n) is 9.69. The van der Waals surface area contributed by atoms with Gasteiger partial charge in [0.05, 0.1) is 6.61 Å². The summed E-state index contributed by atoms with van der Waals surface area (Å²) in [5.41, 5.74) is 6.34. The van der Waals surface area contributed by atoms with Gasteiger partial charge in [0.2, 0.25) is 5.91 Å². The molecule has 0 fully saturated rings. The fourth-order valence-electron chi connectivity index (χ4n) is 1.47. The van der Waals surface area contributed by atoms with Crippen LogP contribution in [0.4, 0.5) is 0 Å². The Hall–Kier alpha value is -1.35. The summed E-state index contributed by atoms with van der Waals surface area (Å²) >= 11 is 0. The normalized spacial score (nSPS) is 12.3. The van der Waals surface area contributed by atoms with Crippen LogP contribution in [0.1, 0.15) is 31.7 Å². The molecule has 3 nitrogen and oxygen atoms in total. The molecule has 3 heteroatoms. The molecule has 1 aromatic carbocycles. The van der Waals surface area contributed by atoms with Crippen molar-refractivity contribution in [2.45, 2.75) is 38.9 Å². The second-order valence-corrected chi connectivity index (χ2v) is 3.83. The van der Waals surface area contributed by atoms with Crippen molar-refractivity contribution in [2.24, 2.45) is 5.73 Å². The number of ether oxygens (including phenoxy) is 1. The van der Waals surface area contributed by atoms with Crippen molar-refractivity contribution in [1.82, 2.24) is 0 Å². The quantitative estimate of drug-likeness (QED) is 0.767. The van der Waals surface area contributed by atoms with Gasteiger partial charge in [-0.25, -0.2) is 0 Å². The molecule has 0 aliphatic carbocycles. The summed E-state index contributed by atoms with van der Waals surface area (Å²) in [6, 6.07) is 9.79. The Morgan fingerprint density at radius 1 is 1.38 bits per heavy atom. The number of hydrogen-bond donors (Lipinski definition) is 1. The maximum atomic E-state index is 11.1. The minimum Gasteiger partial charge on any atom is -0.367 e. The lowest BCUT2D eigenvalue weighted by Crippen LogP contribution is -2.31. The standard InChI is InChI=1S/C13H19NO2/c1-2-3-9-12(13(14)15)16-10-11-7-5-4-6-8-11/h4-8,12H,2-3,9-10H2,1H3,(H2,14,15). The Kier molecular flexibility index (Phi) is 5.57. The molecule has 0 saturated heterocycles. The number of carbonyl (C=O) groups excluding carboxylic acids is 1. The van der Waals surface area contributed by atoms with Gasteiger partial charge in [-0.15, -0.1) is 0 Å². The van der Waals surface area contributed by atoms with Crippen molar-refractivity contribution >= 4 is 5.91 Å². The first-order valence-electron chi connectivity index (χ1n) is 5.69. The van der Waals surface area contributed by atoms with E-state index in [1.54, 1.807) is 0 Å². The highest BCUT2D eigenvalue weighted by atomic mass is 16.5. The van der Waals surface area contributed by atoms with E-state index in [0.29, 0.717) is 13.0 Å². The fourth-order valence-corrected chi connectivity index (χ4v) is 1.47. The number of benzene rings is 1. The van der Waals surface area contributed by atoms with Crippen LogP contribution in [0.5, 0.6) is 0 Å². The summed E-state index contributed by atoms with van der Waals surface area (Å²) in [6.45, 7) is 2.52. The molecule has 0 aromatic heterocycles. The van der Waals surface area contributed by atoms with E-state index in [-0.39, 0.29) is 5.91 Å². The predicted molar refractivity (Wildman–Crippen MR) is 63.7 cm³/mol. The first-order valence-corrected chi connectivity index (χ1v) is 5.69. The van der Waals surface area contributed by atoms with Gasteiger partial charge >= 0.3 is 0 Å². The van der Waals surface area contributed by atoms with Crippen LogP contribution in [0.25, 0.3) is 0 Å². The number of rotatable bonds is 7. The van der Waals surface area contributed by atoms with E-state index in [0.717, 1.165) is 18.4 Å². The minimum absolute atomic E-state index is 0.371. The Balaban J connectivity index is 2.41. The molecule has 16 heavy (non-hydrogen) atoms. The molecule has 0 spiro atoms. The molecule has 1 rings (SSSR count). The minimum atomic E-state index is -0.458. The van der Waals surface area contributed by atoms with E-state index >= 15 is 0 Å². The number of unbranched alkanes of at least 4 members (excludes halogenated alkanes) is 1. The van der Waals surface area contributed by atoms with Crippen molar-refractivity contribution < 1.29 is 9.53 Å². The molecule has 0 heterocycles. The lowest BCUT2D eigenvalue weighted by Gasteiger charge is -2.14. The van der Waals surface area contributed by atoms with Crippen molar-refractivity contribution in [1.29, 1.82) is 0 Å². The highest BCUT2D eigenvalue weighted by Crippen LogP contribution is 2.08. The number of carbonyl (C=O) groups is 1. The van der Waals surface area contributed by atoms with Crippen LogP contribution in [-0.2, 0) is 16.1 Å². The maximum absolute atomic E-state index is 11.1. The van der Waals surface area contributed by atoms with E-state index in [1.807, 2.05) is 30.3 Å². The van der Waals surface area contributed by atoms with Crippen LogP contribution in [0, 0.1) is 0 Å². The van der Waals surface area contributed by atoms with Gasteiger partial charge in [0.25, 0.3) is 0 Å². The summed E-state index contributed by atoms with van der Waals surface area (Å²) in [5, 5.41) is 0. The largest absolute Gasteiger partial charge is 0.367 e. The van der Waals surface area contributed by atoms with E-state index < -0.39 is 6.10 Å². The summed E-state index contributed by atoms with van der Waals surface area (Å²) in [6.07, 6.45) is 2.25. The van der Waals surface area contributed by atoms with E-state index in [4.69, 9.17) is 10.5 Å². The molecule has 0 aliphatic rings. The van der Waals surface area contributed by atoms with Gasteiger partial charge in [-0.2, -0.15) is 0 Å². The third-order valence-electron chi connectivity index (χ3n) is 2.43. The van der Waals surface area contributed by atoms with Crippen molar-refractivity contribution in [3.8, 4) is 0 Å². The summed E-state index contributed by atoms with van der Waals surface area (Å²) in [7, 11) is 0. The second kappa shape index (κ2) is 7.01. The van der Waals surface area contributed by atoms with Crippen LogP contribution in [0.2, 0.25) is 0 Å². The zero-order chi connectivity index (χ0) is 11.8. The summed E-state index contributed by atoms with van der Waals surface area (Å²) in [4.78, 5) is 11.1. The van der Waals surface area contributed by atoms with Gasteiger partial charge in [-0.3, -0.25) is 4.79 Å². The van der Waals surface area contributed by atoms with E-state index in [1.165, 1.54) is 0 Å². The molecule has 1 aromatic rings. The molecule has 0 saturated carbocycles. The van der Waals surface area contributed by atoms with Crippen LogP contribution >= 0.6 is 0 Å². The smallest absolute Gasteiger partial charge is 0.246 e. The lowest BCUT2D eigenvalue weighted by molar-refractivity contribution is -0.130. The highest BCUT2D eigenvalue weighted by molar-refractivity contribution is 5.78. The molecule has 1 atom stereocenters. The van der Waals surface area contributed by atoms with Crippen LogP contribution < -0.4 is 5.73 Å². The topological polar surface area (TPSA) is 52.3 Å². The van der Waals surface area contributed by atoms with Crippen LogP contribution in [0.3, 0.4) is 0 Å². The Bertz CT molecular complexity index is 311. The van der Waals surface area contributed by atoms with Crippen molar-refractivity contribution in [3.63, 3.8) is 0 Å². The maximum Gasteiger partial charge on any atom is 0.246 e. The zero-order valence-corrected chi connectivity index (χ0v) is 9.69. The Morgan fingerprint density at radius 2 is 2.06 bits per heavy atom. The van der Waals surface area contributed by atoms with Gasteiger partial charge in [-0.1, -0.05) is 50.1 Å². The first-order chi connectivity index (χ1) is 7.74. The average molecular weight is 221 g/mol. The molecule has 2 N–H and O–H groups in total. The molecular weight excluding hydrogens is 202 g/mol. The highest BCUT2D eigenvalue weighted by Gasteiger charge is 2.14.